The molecule has 1 aliphatic carbocycles. The van der Waals surface area contributed by atoms with Crippen LogP contribution in [-0.4, -0.2) is 23.2 Å². The van der Waals surface area contributed by atoms with Crippen molar-refractivity contribution in [2.75, 3.05) is 6.54 Å². The number of nitrogens with zero attached hydrogens (tertiary/aromatic N) is 1. The minimum absolute atomic E-state index is 0.258. The third kappa shape index (κ3) is 3.15. The number of aromatic nitrogens is 1. The Kier molecular flexibility index (Phi) is 3.85. The number of rotatable bonds is 4. The van der Waals surface area contributed by atoms with Crippen molar-refractivity contribution in [2.24, 2.45) is 0 Å². The fourth-order valence-corrected chi connectivity index (χ4v) is 3.49. The summed E-state index contributed by atoms with van der Waals surface area (Å²) in [7, 11) is 0. The molecule has 2 aliphatic rings. The molecule has 1 aliphatic heterocycles. The van der Waals surface area contributed by atoms with Gasteiger partial charge in [0.15, 0.2) is 0 Å². The van der Waals surface area contributed by atoms with Crippen LogP contribution in [0.15, 0.2) is 18.2 Å². The summed E-state index contributed by atoms with van der Waals surface area (Å²) in [6.45, 7) is 3.83. The Bertz CT molecular complexity index is 427. The quantitative estimate of drug-likeness (QED) is 0.903. The fourth-order valence-electron chi connectivity index (χ4n) is 3.49. The summed E-state index contributed by atoms with van der Waals surface area (Å²) in [5.74, 6) is 0. The summed E-state index contributed by atoms with van der Waals surface area (Å²) in [5, 5.41) is 3.49. The highest BCUT2D eigenvalue weighted by molar-refractivity contribution is 5.09. The first-order valence-corrected chi connectivity index (χ1v) is 7.57. The Morgan fingerprint density at radius 2 is 2.16 bits per heavy atom. The van der Waals surface area contributed by atoms with Gasteiger partial charge < -0.3 is 10.1 Å². The standard InChI is InChI=1S/C16H24N2O/c1-13-5-4-6-14(18-13)11-17-12-15-7-10-16(19-15)8-2-3-9-16/h4-6,15,17H,2-3,7-12H2,1H3. The van der Waals surface area contributed by atoms with E-state index in [0.717, 1.165) is 24.5 Å². The molecule has 0 amide bonds. The second kappa shape index (κ2) is 5.59. The average Bonchev–Trinajstić information content (AvgIpc) is 3.01. The molecule has 104 valence electrons. The van der Waals surface area contributed by atoms with E-state index in [-0.39, 0.29) is 5.60 Å². The van der Waals surface area contributed by atoms with Crippen LogP contribution in [0.4, 0.5) is 0 Å². The number of aryl methyl sites for hydroxylation is 1. The minimum Gasteiger partial charge on any atom is -0.370 e. The normalized spacial score (nSPS) is 25.2. The highest BCUT2D eigenvalue weighted by Crippen LogP contribution is 2.43. The second-order valence-corrected chi connectivity index (χ2v) is 6.07. The average molecular weight is 260 g/mol. The predicted octanol–water partition coefficient (Wildman–Crippen LogP) is 2.97. The zero-order chi connectivity index (χ0) is 13.1. The van der Waals surface area contributed by atoms with Gasteiger partial charge in [0.1, 0.15) is 0 Å². The van der Waals surface area contributed by atoms with Crippen LogP contribution in [-0.2, 0) is 11.3 Å². The molecular weight excluding hydrogens is 236 g/mol. The van der Waals surface area contributed by atoms with Crippen molar-refractivity contribution in [3.05, 3.63) is 29.6 Å². The van der Waals surface area contributed by atoms with E-state index in [2.05, 4.69) is 22.4 Å². The monoisotopic (exact) mass is 260 g/mol. The summed E-state index contributed by atoms with van der Waals surface area (Å²) in [4.78, 5) is 4.50. The molecule has 1 aromatic rings. The summed E-state index contributed by atoms with van der Waals surface area (Å²) >= 11 is 0. The molecule has 0 aromatic carbocycles. The first-order chi connectivity index (χ1) is 9.26. The van der Waals surface area contributed by atoms with Gasteiger partial charge in [0, 0.05) is 18.8 Å². The van der Waals surface area contributed by atoms with Crippen molar-refractivity contribution in [2.45, 2.75) is 63.7 Å². The summed E-state index contributed by atoms with van der Waals surface area (Å²) < 4.78 is 6.29. The Labute approximate surface area is 115 Å². The van der Waals surface area contributed by atoms with E-state index >= 15 is 0 Å². The van der Waals surface area contributed by atoms with Gasteiger partial charge in [0.05, 0.1) is 17.4 Å². The second-order valence-electron chi connectivity index (χ2n) is 6.07. The smallest absolute Gasteiger partial charge is 0.0708 e. The van der Waals surface area contributed by atoms with Crippen molar-refractivity contribution < 1.29 is 4.74 Å². The van der Waals surface area contributed by atoms with Crippen LogP contribution >= 0.6 is 0 Å². The molecule has 2 fully saturated rings. The molecule has 1 spiro atoms. The maximum absolute atomic E-state index is 6.29. The lowest BCUT2D eigenvalue weighted by Crippen LogP contribution is -2.31. The first-order valence-electron chi connectivity index (χ1n) is 7.57. The predicted molar refractivity (Wildman–Crippen MR) is 76.0 cm³/mol. The Morgan fingerprint density at radius 1 is 1.32 bits per heavy atom. The number of hydrogen-bond donors (Lipinski definition) is 1. The molecule has 1 saturated carbocycles. The molecule has 1 atom stereocenters. The molecule has 1 aromatic heterocycles. The van der Waals surface area contributed by atoms with Gasteiger partial charge in [0.2, 0.25) is 0 Å². The van der Waals surface area contributed by atoms with Gasteiger partial charge in [-0.2, -0.15) is 0 Å². The number of ether oxygens (including phenoxy) is 1. The highest BCUT2D eigenvalue weighted by atomic mass is 16.5. The SMILES string of the molecule is Cc1cccc(CNCC2CCC3(CCCC3)O2)n1. The van der Waals surface area contributed by atoms with E-state index in [1.807, 2.05) is 13.0 Å². The van der Waals surface area contributed by atoms with Gasteiger partial charge in [-0.15, -0.1) is 0 Å². The van der Waals surface area contributed by atoms with Gasteiger partial charge in [-0.05, 0) is 44.7 Å². The molecule has 1 saturated heterocycles. The van der Waals surface area contributed by atoms with E-state index in [1.54, 1.807) is 0 Å². The minimum atomic E-state index is 0.258. The largest absolute Gasteiger partial charge is 0.370 e. The van der Waals surface area contributed by atoms with Gasteiger partial charge in [-0.1, -0.05) is 18.9 Å². The maximum atomic E-state index is 6.29. The molecule has 19 heavy (non-hydrogen) atoms. The van der Waals surface area contributed by atoms with E-state index in [4.69, 9.17) is 4.74 Å². The van der Waals surface area contributed by atoms with E-state index < -0.39 is 0 Å². The van der Waals surface area contributed by atoms with Crippen LogP contribution in [0.1, 0.15) is 49.9 Å². The summed E-state index contributed by atoms with van der Waals surface area (Å²) in [5.41, 5.74) is 2.46. The lowest BCUT2D eigenvalue weighted by Gasteiger charge is -2.23. The molecule has 0 bridgehead atoms. The molecule has 3 heteroatoms. The van der Waals surface area contributed by atoms with Crippen LogP contribution in [0.2, 0.25) is 0 Å². The van der Waals surface area contributed by atoms with Crippen molar-refractivity contribution >= 4 is 0 Å². The van der Waals surface area contributed by atoms with Crippen molar-refractivity contribution in [1.82, 2.24) is 10.3 Å². The van der Waals surface area contributed by atoms with Crippen LogP contribution in [0.25, 0.3) is 0 Å². The molecule has 0 radical (unpaired) electrons. The van der Waals surface area contributed by atoms with Crippen LogP contribution < -0.4 is 5.32 Å². The van der Waals surface area contributed by atoms with Crippen LogP contribution in [0, 0.1) is 6.92 Å². The number of pyridine rings is 1. The van der Waals surface area contributed by atoms with Gasteiger partial charge in [-0.3, -0.25) is 4.98 Å². The molecule has 1 unspecified atom stereocenters. The summed E-state index contributed by atoms with van der Waals surface area (Å²) in [6, 6.07) is 6.18. The zero-order valence-corrected chi connectivity index (χ0v) is 11.8. The molecule has 2 heterocycles. The van der Waals surface area contributed by atoms with Crippen molar-refractivity contribution in [1.29, 1.82) is 0 Å². The molecular formula is C16H24N2O. The lowest BCUT2D eigenvalue weighted by molar-refractivity contribution is -0.0351. The Morgan fingerprint density at radius 3 is 2.95 bits per heavy atom. The Hall–Kier alpha value is -0.930. The van der Waals surface area contributed by atoms with Crippen LogP contribution in [0.5, 0.6) is 0 Å². The zero-order valence-electron chi connectivity index (χ0n) is 11.8. The number of nitrogens with one attached hydrogen (secondary N) is 1. The van der Waals surface area contributed by atoms with Gasteiger partial charge >= 0.3 is 0 Å². The number of hydrogen-bond acceptors (Lipinski definition) is 3. The Balaban J connectivity index is 1.43. The topological polar surface area (TPSA) is 34.1 Å². The third-order valence-corrected chi connectivity index (χ3v) is 4.48. The first kappa shape index (κ1) is 13.1. The third-order valence-electron chi connectivity index (χ3n) is 4.48. The highest BCUT2D eigenvalue weighted by Gasteiger charge is 2.41. The van der Waals surface area contributed by atoms with Crippen molar-refractivity contribution in [3.8, 4) is 0 Å². The lowest BCUT2D eigenvalue weighted by atomic mass is 9.98. The van der Waals surface area contributed by atoms with E-state index in [9.17, 15) is 0 Å². The van der Waals surface area contributed by atoms with E-state index in [1.165, 1.54) is 38.5 Å². The van der Waals surface area contributed by atoms with Gasteiger partial charge in [0.25, 0.3) is 0 Å². The summed E-state index contributed by atoms with van der Waals surface area (Å²) in [6.07, 6.45) is 8.16. The maximum Gasteiger partial charge on any atom is 0.0708 e. The van der Waals surface area contributed by atoms with Gasteiger partial charge in [-0.25, -0.2) is 0 Å². The fraction of sp³-hybridized carbons (Fsp3) is 0.688. The van der Waals surface area contributed by atoms with Crippen LogP contribution in [0.3, 0.4) is 0 Å². The van der Waals surface area contributed by atoms with Crippen molar-refractivity contribution in [3.63, 3.8) is 0 Å². The molecule has 3 rings (SSSR count). The van der Waals surface area contributed by atoms with E-state index in [0.29, 0.717) is 6.10 Å². The molecule has 1 N–H and O–H groups in total. The molecule has 3 nitrogen and oxygen atoms in total.